The van der Waals surface area contributed by atoms with Crippen LogP contribution in [0.25, 0.3) is 21.5 Å². The molecule has 0 aliphatic heterocycles. The molecule has 0 spiro atoms. The number of aliphatic carboxylic acids is 1. The van der Waals surface area contributed by atoms with Gasteiger partial charge in [0.25, 0.3) is 0 Å². The molecule has 0 amide bonds. The summed E-state index contributed by atoms with van der Waals surface area (Å²) in [7, 11) is 0. The van der Waals surface area contributed by atoms with Gasteiger partial charge in [-0.15, -0.1) is 11.3 Å². The first kappa shape index (κ1) is 14.0. The van der Waals surface area contributed by atoms with Crippen LogP contribution in [0, 0.1) is 0 Å². The molecule has 0 bridgehead atoms. The molecule has 0 unspecified atom stereocenters. The van der Waals surface area contributed by atoms with Crippen molar-refractivity contribution in [3.63, 3.8) is 0 Å². The Morgan fingerprint density at radius 1 is 1.38 bits per heavy atom. The quantitative estimate of drug-likeness (QED) is 0.720. The Balaban J connectivity index is 2.09. The van der Waals surface area contributed by atoms with E-state index in [1.807, 2.05) is 12.1 Å². The van der Waals surface area contributed by atoms with Gasteiger partial charge in [0, 0.05) is 15.2 Å². The number of thiazole rings is 1. The van der Waals surface area contributed by atoms with Crippen molar-refractivity contribution in [2.45, 2.75) is 6.42 Å². The molecule has 2 aromatic heterocycles. The highest BCUT2D eigenvalue weighted by molar-refractivity contribution is 9.10. The van der Waals surface area contributed by atoms with Crippen LogP contribution in [0.15, 0.2) is 43.3 Å². The molecule has 7 heteroatoms. The minimum Gasteiger partial charge on any atom is -0.481 e. The highest BCUT2D eigenvalue weighted by Gasteiger charge is 2.13. The van der Waals surface area contributed by atoms with Gasteiger partial charge in [0.15, 0.2) is 0 Å². The highest BCUT2D eigenvalue weighted by Crippen LogP contribution is 2.26. The van der Waals surface area contributed by atoms with Crippen LogP contribution in [0.3, 0.4) is 0 Å². The molecular weight excluding hydrogens is 358 g/mol. The maximum absolute atomic E-state index is 12.0. The molecule has 1 N–H and O–H groups in total. The third kappa shape index (κ3) is 2.88. The number of rotatable bonds is 3. The number of hydrogen-bond acceptors (Lipinski definition) is 5. The summed E-state index contributed by atoms with van der Waals surface area (Å²) in [5.41, 5.74) is 0.765. The van der Waals surface area contributed by atoms with Gasteiger partial charge < -0.3 is 9.52 Å². The molecule has 21 heavy (non-hydrogen) atoms. The number of aromatic nitrogens is 1. The zero-order valence-corrected chi connectivity index (χ0v) is 12.9. The average Bonchev–Trinajstić information content (AvgIpc) is 2.85. The summed E-state index contributed by atoms with van der Waals surface area (Å²) in [4.78, 5) is 26.9. The molecule has 106 valence electrons. The monoisotopic (exact) mass is 365 g/mol. The van der Waals surface area contributed by atoms with Crippen molar-refractivity contribution in [3.05, 3.63) is 50.2 Å². The minimum absolute atomic E-state index is 0.164. The standard InChI is InChI=1S/C14H8BrNO4S/c15-8-2-1-7-3-10(14(19)20-11(7)4-8)13-16-9(6-21-13)5-12(17)18/h1-4,6H,5H2,(H,17,18). The van der Waals surface area contributed by atoms with Gasteiger partial charge in [0.05, 0.1) is 17.7 Å². The lowest BCUT2D eigenvalue weighted by atomic mass is 10.2. The van der Waals surface area contributed by atoms with Gasteiger partial charge >= 0.3 is 11.6 Å². The zero-order valence-electron chi connectivity index (χ0n) is 10.5. The van der Waals surface area contributed by atoms with E-state index >= 15 is 0 Å². The summed E-state index contributed by atoms with van der Waals surface area (Å²) in [5, 5.41) is 11.6. The highest BCUT2D eigenvalue weighted by atomic mass is 79.9. The predicted molar refractivity (Wildman–Crippen MR) is 82.6 cm³/mol. The van der Waals surface area contributed by atoms with Crippen molar-refractivity contribution in [1.82, 2.24) is 4.98 Å². The van der Waals surface area contributed by atoms with Crippen LogP contribution in [-0.4, -0.2) is 16.1 Å². The lowest BCUT2D eigenvalue weighted by Gasteiger charge is -2.00. The molecule has 0 saturated carbocycles. The van der Waals surface area contributed by atoms with E-state index in [2.05, 4.69) is 20.9 Å². The Kier molecular flexibility index (Phi) is 3.60. The molecule has 2 heterocycles. The second-order valence-corrected chi connectivity index (χ2v) is 6.12. The first-order valence-corrected chi connectivity index (χ1v) is 7.60. The summed E-state index contributed by atoms with van der Waals surface area (Å²) in [6, 6.07) is 7.11. The van der Waals surface area contributed by atoms with Gasteiger partial charge in [0.2, 0.25) is 0 Å². The molecule has 1 aromatic carbocycles. The minimum atomic E-state index is -0.956. The number of carboxylic acid groups (broad SMARTS) is 1. The molecule has 3 rings (SSSR count). The number of nitrogens with zero attached hydrogens (tertiary/aromatic N) is 1. The predicted octanol–water partition coefficient (Wildman–Crippen LogP) is 3.31. The van der Waals surface area contributed by atoms with Crippen molar-refractivity contribution in [3.8, 4) is 10.6 Å². The fourth-order valence-corrected chi connectivity index (χ4v) is 3.06. The molecule has 0 saturated heterocycles. The maximum atomic E-state index is 12.0. The van der Waals surface area contributed by atoms with Crippen LogP contribution < -0.4 is 5.63 Å². The van der Waals surface area contributed by atoms with Gasteiger partial charge in [-0.25, -0.2) is 9.78 Å². The number of carbonyl (C=O) groups is 1. The third-order valence-electron chi connectivity index (χ3n) is 2.81. The Morgan fingerprint density at radius 2 is 2.19 bits per heavy atom. The number of hydrogen-bond donors (Lipinski definition) is 1. The Hall–Kier alpha value is -1.99. The second kappa shape index (κ2) is 5.42. The number of carboxylic acids is 1. The van der Waals surface area contributed by atoms with E-state index in [0.717, 1.165) is 9.86 Å². The van der Waals surface area contributed by atoms with Crippen LogP contribution in [0.2, 0.25) is 0 Å². The fourth-order valence-electron chi connectivity index (χ4n) is 1.90. The zero-order chi connectivity index (χ0) is 15.0. The molecule has 0 atom stereocenters. The van der Waals surface area contributed by atoms with E-state index in [1.165, 1.54) is 11.3 Å². The number of halogens is 1. The number of benzene rings is 1. The van der Waals surface area contributed by atoms with Gasteiger partial charge in [-0.05, 0) is 18.2 Å². The van der Waals surface area contributed by atoms with E-state index in [9.17, 15) is 9.59 Å². The van der Waals surface area contributed by atoms with Crippen molar-refractivity contribution >= 4 is 44.2 Å². The normalized spacial score (nSPS) is 10.9. The van der Waals surface area contributed by atoms with E-state index in [1.54, 1.807) is 17.5 Å². The van der Waals surface area contributed by atoms with Crippen molar-refractivity contribution < 1.29 is 14.3 Å². The summed E-state index contributed by atoms with van der Waals surface area (Å²) in [6.45, 7) is 0. The SMILES string of the molecule is O=C(O)Cc1csc(-c2cc3ccc(Br)cc3oc2=O)n1. The molecule has 3 aromatic rings. The fraction of sp³-hybridized carbons (Fsp3) is 0.0714. The lowest BCUT2D eigenvalue weighted by molar-refractivity contribution is -0.136. The summed E-state index contributed by atoms with van der Waals surface area (Å²) >= 11 is 4.55. The van der Waals surface area contributed by atoms with Crippen LogP contribution >= 0.6 is 27.3 Å². The van der Waals surface area contributed by atoms with E-state index < -0.39 is 11.6 Å². The van der Waals surface area contributed by atoms with Crippen molar-refractivity contribution in [2.24, 2.45) is 0 Å². The van der Waals surface area contributed by atoms with Crippen LogP contribution in [0.4, 0.5) is 0 Å². The lowest BCUT2D eigenvalue weighted by Crippen LogP contribution is -2.03. The van der Waals surface area contributed by atoms with Gasteiger partial charge in [0.1, 0.15) is 10.6 Å². The van der Waals surface area contributed by atoms with Crippen LogP contribution in [0.5, 0.6) is 0 Å². The molecule has 0 fully saturated rings. The van der Waals surface area contributed by atoms with E-state index in [-0.39, 0.29) is 6.42 Å². The van der Waals surface area contributed by atoms with Crippen molar-refractivity contribution in [1.29, 1.82) is 0 Å². The Morgan fingerprint density at radius 3 is 2.95 bits per heavy atom. The first-order chi connectivity index (χ1) is 10.0. The third-order valence-corrected chi connectivity index (χ3v) is 4.23. The average molecular weight is 366 g/mol. The molecular formula is C14H8BrNO4S. The molecule has 0 radical (unpaired) electrons. The first-order valence-electron chi connectivity index (χ1n) is 5.93. The van der Waals surface area contributed by atoms with Gasteiger partial charge in [-0.3, -0.25) is 4.79 Å². The van der Waals surface area contributed by atoms with E-state index in [0.29, 0.717) is 21.8 Å². The van der Waals surface area contributed by atoms with Crippen LogP contribution in [0.1, 0.15) is 5.69 Å². The summed E-state index contributed by atoms with van der Waals surface area (Å²) < 4.78 is 6.11. The molecule has 0 aliphatic rings. The Labute approximate surface area is 131 Å². The largest absolute Gasteiger partial charge is 0.481 e. The smallest absolute Gasteiger partial charge is 0.346 e. The van der Waals surface area contributed by atoms with Gasteiger partial charge in [-0.1, -0.05) is 22.0 Å². The molecule has 5 nitrogen and oxygen atoms in total. The topological polar surface area (TPSA) is 80.4 Å². The van der Waals surface area contributed by atoms with Crippen molar-refractivity contribution in [2.75, 3.05) is 0 Å². The number of fused-ring (bicyclic) bond motifs is 1. The summed E-state index contributed by atoms with van der Waals surface area (Å²) in [6.07, 6.45) is -0.164. The summed E-state index contributed by atoms with van der Waals surface area (Å²) in [5.74, 6) is -0.956. The van der Waals surface area contributed by atoms with Crippen LogP contribution in [-0.2, 0) is 11.2 Å². The Bertz CT molecular complexity index is 899. The maximum Gasteiger partial charge on any atom is 0.346 e. The van der Waals surface area contributed by atoms with E-state index in [4.69, 9.17) is 9.52 Å². The second-order valence-electron chi connectivity index (χ2n) is 4.34. The van der Waals surface area contributed by atoms with Gasteiger partial charge in [-0.2, -0.15) is 0 Å². The molecule has 0 aliphatic carbocycles.